The number of hydrogen-bond donors (Lipinski definition) is 4. The third-order valence-corrected chi connectivity index (χ3v) is 5.93. The van der Waals surface area contributed by atoms with E-state index >= 15 is 0 Å². The Morgan fingerprint density at radius 2 is 2.33 bits per heavy atom. The van der Waals surface area contributed by atoms with Crippen molar-refractivity contribution in [3.05, 3.63) is 29.6 Å². The average molecular weight is 354 g/mol. The van der Waals surface area contributed by atoms with Gasteiger partial charge < -0.3 is 0 Å². The first-order valence-corrected chi connectivity index (χ1v) is 9.22. The van der Waals surface area contributed by atoms with Crippen molar-refractivity contribution < 1.29 is 18.3 Å². The summed E-state index contributed by atoms with van der Waals surface area (Å²) in [6.45, 7) is 3.43. The molecule has 0 aliphatic carbocycles. The second-order valence-electron chi connectivity index (χ2n) is 6.12. The zero-order valence-corrected chi connectivity index (χ0v) is 14.4. The van der Waals surface area contributed by atoms with Gasteiger partial charge in [-0.2, -0.15) is 0 Å². The first kappa shape index (κ1) is 19.0. The number of nitrogens with one attached hydrogen (secondary N) is 1. The maximum atomic E-state index is 12.5. The van der Waals surface area contributed by atoms with Crippen LogP contribution in [0.25, 0.3) is 0 Å². The molecule has 0 radical (unpaired) electrons. The first-order chi connectivity index (χ1) is 11.2. The topological polar surface area (TPSA) is 139 Å². The number of carbonyl (C=O) groups is 1. The zero-order chi connectivity index (χ0) is 18.0. The van der Waals surface area contributed by atoms with E-state index in [9.17, 15) is 18.3 Å². The Morgan fingerprint density at radius 3 is 2.88 bits per heavy atom. The van der Waals surface area contributed by atoms with Crippen molar-refractivity contribution in [2.75, 3.05) is 19.6 Å². The van der Waals surface area contributed by atoms with Crippen LogP contribution in [0.2, 0.25) is 0 Å². The number of carboxylic acid groups (broad SMARTS) is 1. The van der Waals surface area contributed by atoms with Crippen LogP contribution < -0.4 is 16.2 Å². The summed E-state index contributed by atoms with van der Waals surface area (Å²) in [4.78, 5) is 11.7. The number of aliphatic carboxylic acids is 1. The molecule has 1 saturated heterocycles. The fraction of sp³-hybridized carbons (Fsp3) is 0.571. The van der Waals surface area contributed by atoms with Gasteiger partial charge in [0.1, 0.15) is 0 Å². The van der Waals surface area contributed by atoms with Crippen LogP contribution >= 0.6 is 0 Å². The predicted octanol–water partition coefficient (Wildman–Crippen LogP) is -1.22. The van der Waals surface area contributed by atoms with Crippen molar-refractivity contribution in [1.82, 2.24) is 9.03 Å². The van der Waals surface area contributed by atoms with Crippen LogP contribution in [0.4, 0.5) is 0 Å². The van der Waals surface area contributed by atoms with Crippen LogP contribution in [-0.2, 0) is 15.0 Å². The molecule has 1 fully saturated rings. The molecule has 10 heteroatoms. The summed E-state index contributed by atoms with van der Waals surface area (Å²) in [5.74, 6) is 1.71. The fourth-order valence-electron chi connectivity index (χ4n) is 2.77. The second kappa shape index (κ2) is 7.28. The van der Waals surface area contributed by atoms with Crippen LogP contribution in [0.5, 0.6) is 0 Å². The molecule has 0 spiro atoms. The van der Waals surface area contributed by atoms with E-state index in [1.807, 2.05) is 6.92 Å². The molecule has 24 heavy (non-hydrogen) atoms. The third-order valence-electron chi connectivity index (χ3n) is 4.44. The number of hydrogen-bond acceptors (Lipinski definition) is 5. The van der Waals surface area contributed by atoms with Gasteiger partial charge in [-0.3, -0.25) is 0 Å². The van der Waals surface area contributed by atoms with Gasteiger partial charge in [-0.1, -0.05) is 0 Å². The first-order valence-electron chi connectivity index (χ1n) is 7.78. The summed E-state index contributed by atoms with van der Waals surface area (Å²) >= 11 is 0. The molecule has 1 aromatic heterocycles. The summed E-state index contributed by atoms with van der Waals surface area (Å²) in [6.07, 6.45) is 0.630. The summed E-state index contributed by atoms with van der Waals surface area (Å²) < 4.78 is 28.4. The molecular weight excluding hydrogens is 331 g/mol. The Bertz CT molecular complexity index is 687. The van der Waals surface area contributed by atoms with Crippen molar-refractivity contribution >= 4 is 23.1 Å². The molecule has 0 saturated carbocycles. The van der Waals surface area contributed by atoms with E-state index in [1.165, 1.54) is 0 Å². The Morgan fingerprint density at radius 1 is 1.62 bits per heavy atom. The van der Waals surface area contributed by atoms with Gasteiger partial charge in [0.05, 0.1) is 0 Å². The van der Waals surface area contributed by atoms with Gasteiger partial charge in [-0.05, 0) is 0 Å². The van der Waals surface area contributed by atoms with Crippen molar-refractivity contribution in [2.24, 2.45) is 11.5 Å². The molecular formula is C14H23BN4O4S. The van der Waals surface area contributed by atoms with Crippen molar-refractivity contribution in [2.45, 2.75) is 30.8 Å². The Labute approximate surface area is 142 Å². The molecule has 8 nitrogen and oxygen atoms in total. The minimum absolute atomic E-state index is 0.00348. The molecule has 0 amide bonds. The van der Waals surface area contributed by atoms with E-state index in [1.54, 1.807) is 31.0 Å². The molecule has 6 N–H and O–H groups in total. The summed E-state index contributed by atoms with van der Waals surface area (Å²) in [6, 6.07) is 3.23. The van der Waals surface area contributed by atoms with Crippen LogP contribution in [-0.4, -0.2) is 61.9 Å². The molecule has 0 aromatic carbocycles. The third kappa shape index (κ3) is 3.84. The van der Waals surface area contributed by atoms with E-state index in [4.69, 9.17) is 11.5 Å². The Balaban J connectivity index is 2.25. The van der Waals surface area contributed by atoms with Crippen molar-refractivity contribution in [1.29, 1.82) is 0 Å². The molecule has 3 unspecified atom stereocenters. The molecule has 2 rings (SSSR count). The quantitative estimate of drug-likeness (QED) is 0.484. The van der Waals surface area contributed by atoms with E-state index < -0.39 is 27.6 Å². The summed E-state index contributed by atoms with van der Waals surface area (Å²) in [7, 11) is -3.85. The van der Waals surface area contributed by atoms with Gasteiger partial charge in [0.15, 0.2) is 0 Å². The van der Waals surface area contributed by atoms with E-state index in [0.717, 1.165) is 4.31 Å². The molecule has 1 aromatic rings. The number of rotatable bonds is 7. The summed E-state index contributed by atoms with van der Waals surface area (Å²) in [5.41, 5.74) is 10.8. The van der Waals surface area contributed by atoms with Crippen LogP contribution in [0.1, 0.15) is 24.8 Å². The van der Waals surface area contributed by atoms with E-state index in [0.29, 0.717) is 12.0 Å². The molecule has 132 valence electrons. The zero-order valence-electron chi connectivity index (χ0n) is 13.6. The van der Waals surface area contributed by atoms with Gasteiger partial charge in [-0.25, -0.2) is 0 Å². The monoisotopic (exact) mass is 354 g/mol. The van der Waals surface area contributed by atoms with Gasteiger partial charge in [-0.15, -0.1) is 0 Å². The summed E-state index contributed by atoms with van der Waals surface area (Å²) in [5, 5.41) is 9.56. The SMILES string of the molecule is CCC(N)CNS(=O)(=O)N1CC(c2cbccc2)C(N)(C(=O)O)C1. The molecule has 2 heterocycles. The number of nitrogens with zero attached hydrogens (tertiary/aromatic N) is 1. The minimum atomic E-state index is -3.85. The van der Waals surface area contributed by atoms with Gasteiger partial charge in [0, 0.05) is 0 Å². The van der Waals surface area contributed by atoms with Crippen LogP contribution in [0.3, 0.4) is 0 Å². The average Bonchev–Trinajstić information content (AvgIpc) is 2.93. The molecule has 1 aliphatic rings. The van der Waals surface area contributed by atoms with Gasteiger partial charge >= 0.3 is 142 Å². The number of carboxylic acids is 1. The molecule has 3 atom stereocenters. The second-order valence-corrected chi connectivity index (χ2v) is 7.88. The Hall–Kier alpha value is -1.33. The maximum absolute atomic E-state index is 12.5. The predicted molar refractivity (Wildman–Crippen MR) is 91.8 cm³/mol. The van der Waals surface area contributed by atoms with E-state index in [2.05, 4.69) is 4.72 Å². The number of nitrogens with two attached hydrogens (primary N) is 2. The van der Waals surface area contributed by atoms with Crippen molar-refractivity contribution in [3.63, 3.8) is 0 Å². The Kier molecular flexibility index (Phi) is 5.76. The fourth-order valence-corrected chi connectivity index (χ4v) is 4.11. The molecule has 0 bridgehead atoms. The van der Waals surface area contributed by atoms with E-state index in [-0.39, 0.29) is 25.7 Å². The van der Waals surface area contributed by atoms with Crippen LogP contribution in [0, 0.1) is 0 Å². The molecule has 1 aliphatic heterocycles. The van der Waals surface area contributed by atoms with Crippen molar-refractivity contribution in [3.8, 4) is 0 Å². The standard InChI is InChI=1S/C14H23BN4O4S/c1-2-11(16)7-18-24(22,23)19-8-12(10-4-3-5-15-6-10)14(17,9-19)13(20)21/h3-6,11-12,18H,2,7-9,16-17H2,1H3,(H,20,21). The van der Waals surface area contributed by atoms with Gasteiger partial charge in [0.25, 0.3) is 0 Å². The van der Waals surface area contributed by atoms with Gasteiger partial charge in [0.2, 0.25) is 0 Å². The normalized spacial score (nSPS) is 26.2. The van der Waals surface area contributed by atoms with Crippen LogP contribution in [0.15, 0.2) is 24.1 Å².